The Bertz CT molecular complexity index is 1280. The van der Waals surface area contributed by atoms with Crippen LogP contribution in [0, 0.1) is 0 Å². The Balaban J connectivity index is 1.68. The van der Waals surface area contributed by atoms with Crippen LogP contribution in [0.25, 0.3) is 11.1 Å². The summed E-state index contributed by atoms with van der Waals surface area (Å²) in [5, 5.41) is 6.50. The van der Waals surface area contributed by atoms with E-state index in [-0.39, 0.29) is 19.1 Å². The number of ether oxygens (including phenoxy) is 2. The van der Waals surface area contributed by atoms with Crippen LogP contribution >= 0.6 is 0 Å². The predicted octanol–water partition coefficient (Wildman–Crippen LogP) is 6.57. The van der Waals surface area contributed by atoms with E-state index in [1.54, 1.807) is 6.20 Å². The van der Waals surface area contributed by atoms with Crippen molar-refractivity contribution < 1.29 is 18.7 Å². The molecule has 9 heteroatoms. The van der Waals surface area contributed by atoms with Crippen molar-refractivity contribution >= 4 is 17.6 Å². The maximum Gasteiger partial charge on any atom is 0.329 e. The Morgan fingerprint density at radius 1 is 1.05 bits per heavy atom. The number of alkyl halides is 1. The molecule has 0 saturated carbocycles. The number of aromatic nitrogens is 2. The highest BCUT2D eigenvalue weighted by atomic mass is 19.1. The number of rotatable bonds is 18. The highest BCUT2D eigenvalue weighted by Gasteiger charge is 2.27. The molecule has 0 saturated heterocycles. The lowest BCUT2D eigenvalue weighted by Crippen LogP contribution is -2.41. The van der Waals surface area contributed by atoms with Gasteiger partial charge in [0.1, 0.15) is 29.5 Å². The Morgan fingerprint density at radius 3 is 2.50 bits per heavy atom. The summed E-state index contributed by atoms with van der Waals surface area (Å²) in [5.41, 5.74) is 3.65. The predicted molar refractivity (Wildman–Crippen MR) is 177 cm³/mol. The number of hydrogen-bond donors (Lipinski definition) is 2. The number of aryl methyl sites for hydroxylation is 2. The zero-order chi connectivity index (χ0) is 32.0. The molecule has 3 rings (SSSR count). The van der Waals surface area contributed by atoms with Gasteiger partial charge in [0.25, 0.3) is 0 Å². The van der Waals surface area contributed by atoms with Gasteiger partial charge in [-0.15, -0.1) is 0 Å². The first-order chi connectivity index (χ1) is 21.1. The van der Waals surface area contributed by atoms with E-state index in [9.17, 15) is 9.18 Å². The first kappa shape index (κ1) is 34.9. The third-order valence-corrected chi connectivity index (χ3v) is 7.23. The summed E-state index contributed by atoms with van der Waals surface area (Å²) in [5.74, 6) is 1.15. The molecule has 1 aromatic carbocycles. The van der Waals surface area contributed by atoms with Gasteiger partial charge in [-0.1, -0.05) is 43.3 Å². The van der Waals surface area contributed by atoms with Crippen molar-refractivity contribution in [2.45, 2.75) is 77.6 Å². The van der Waals surface area contributed by atoms with Gasteiger partial charge in [0.15, 0.2) is 0 Å². The largest absolute Gasteiger partial charge is 0.458 e. The number of pyridine rings is 2. The molecule has 2 heterocycles. The summed E-state index contributed by atoms with van der Waals surface area (Å²) in [6.45, 7) is 9.13. The molecule has 240 valence electrons. The van der Waals surface area contributed by atoms with Crippen LogP contribution in [0.3, 0.4) is 0 Å². The van der Waals surface area contributed by atoms with Crippen molar-refractivity contribution in [2.75, 3.05) is 51.0 Å². The first-order valence-electron chi connectivity index (χ1n) is 15.6. The van der Waals surface area contributed by atoms with Gasteiger partial charge in [-0.25, -0.2) is 19.2 Å². The van der Waals surface area contributed by atoms with Crippen LogP contribution < -0.4 is 10.6 Å². The molecule has 2 atom stereocenters. The van der Waals surface area contributed by atoms with E-state index < -0.39 is 17.8 Å². The van der Waals surface area contributed by atoms with Crippen LogP contribution in [0.2, 0.25) is 0 Å². The van der Waals surface area contributed by atoms with Gasteiger partial charge < -0.3 is 25.0 Å². The van der Waals surface area contributed by atoms with Gasteiger partial charge in [0.2, 0.25) is 0 Å². The Labute approximate surface area is 262 Å². The van der Waals surface area contributed by atoms with Gasteiger partial charge >= 0.3 is 5.97 Å². The van der Waals surface area contributed by atoms with Crippen LogP contribution in [0.4, 0.5) is 16.0 Å². The van der Waals surface area contributed by atoms with Gasteiger partial charge in [0, 0.05) is 39.1 Å². The van der Waals surface area contributed by atoms with E-state index in [1.165, 1.54) is 12.7 Å². The molecule has 2 unspecified atom stereocenters. The van der Waals surface area contributed by atoms with Crippen molar-refractivity contribution in [3.05, 3.63) is 72.1 Å². The normalized spacial score (nSPS) is 13.0. The summed E-state index contributed by atoms with van der Waals surface area (Å²) >= 11 is 0. The van der Waals surface area contributed by atoms with Crippen molar-refractivity contribution in [2.24, 2.45) is 0 Å². The van der Waals surface area contributed by atoms with Crippen LogP contribution in [-0.2, 0) is 27.1 Å². The molecule has 0 aliphatic rings. The van der Waals surface area contributed by atoms with Gasteiger partial charge in [-0.05, 0) is 94.3 Å². The van der Waals surface area contributed by atoms with Crippen LogP contribution in [0.1, 0.15) is 58.2 Å². The fourth-order valence-electron chi connectivity index (χ4n) is 5.05. The molecule has 0 bridgehead atoms. The summed E-state index contributed by atoms with van der Waals surface area (Å²) in [4.78, 5) is 24.6. The summed E-state index contributed by atoms with van der Waals surface area (Å²) < 4.78 is 25.6. The third-order valence-electron chi connectivity index (χ3n) is 7.23. The van der Waals surface area contributed by atoms with Crippen LogP contribution in [-0.4, -0.2) is 79.1 Å². The molecule has 8 nitrogen and oxygen atoms in total. The number of hydrogen-bond acceptors (Lipinski definition) is 8. The molecule has 0 spiro atoms. The van der Waals surface area contributed by atoms with E-state index in [0.717, 1.165) is 48.3 Å². The van der Waals surface area contributed by atoms with Gasteiger partial charge in [0.05, 0.1) is 6.61 Å². The average molecular weight is 608 g/mol. The molecule has 44 heavy (non-hydrogen) atoms. The molecular weight excluding hydrogens is 557 g/mol. The second-order valence-corrected chi connectivity index (χ2v) is 12.0. The van der Waals surface area contributed by atoms with E-state index in [0.29, 0.717) is 25.3 Å². The Kier molecular flexibility index (Phi) is 14.0. The van der Waals surface area contributed by atoms with Gasteiger partial charge in [-0.3, -0.25) is 0 Å². The topological polar surface area (TPSA) is 88.6 Å². The van der Waals surface area contributed by atoms with Crippen molar-refractivity contribution in [3.63, 3.8) is 0 Å². The number of esters is 1. The number of nitrogens with zero attached hydrogens (tertiary/aromatic N) is 3. The molecule has 0 amide bonds. The van der Waals surface area contributed by atoms with E-state index >= 15 is 0 Å². The molecule has 2 N–H and O–H groups in total. The van der Waals surface area contributed by atoms with E-state index in [2.05, 4.69) is 39.6 Å². The summed E-state index contributed by atoms with van der Waals surface area (Å²) in [6.07, 6.45) is 4.59. The first-order valence-corrected chi connectivity index (χ1v) is 15.6. The number of anilines is 2. The smallest absolute Gasteiger partial charge is 0.329 e. The molecule has 0 aliphatic carbocycles. The lowest BCUT2D eigenvalue weighted by atomic mass is 10.1. The number of unbranched alkanes of at least 4 members (excludes halogenated alkanes) is 1. The van der Waals surface area contributed by atoms with Crippen LogP contribution in [0.5, 0.6) is 0 Å². The summed E-state index contributed by atoms with van der Waals surface area (Å²) in [6, 6.07) is 17.5. The number of halogens is 1. The number of carbonyl (C=O) groups is 1. The van der Waals surface area contributed by atoms with Crippen LogP contribution in [0.15, 0.2) is 60.8 Å². The molecule has 0 fully saturated rings. The van der Waals surface area contributed by atoms with Gasteiger partial charge in [-0.2, -0.15) is 0 Å². The number of carbonyl (C=O) groups excluding carboxylic acids is 1. The van der Waals surface area contributed by atoms with E-state index in [4.69, 9.17) is 14.5 Å². The standard InChI is InChI=1S/C35H50FN5O3/c1-7-26-16-17-30(39-33(26)37-5)15-11-12-21-41(24-29(36)25-43-6)22-19-31(34(42)44-35(2,3)4)40-32-23-28(18-20-38-32)27-13-9-8-10-14-27/h8-10,13-14,16-18,20,23,29,31H,7,11-12,15,19,21-22,24-25H2,1-6H3,(H,37,39)(H,38,40). The minimum absolute atomic E-state index is 0.0287. The Hall–Kier alpha value is -3.56. The highest BCUT2D eigenvalue weighted by molar-refractivity contribution is 5.79. The third kappa shape index (κ3) is 11.8. The maximum absolute atomic E-state index is 14.7. The maximum atomic E-state index is 14.7. The minimum Gasteiger partial charge on any atom is -0.458 e. The average Bonchev–Trinajstić information content (AvgIpc) is 3.00. The second-order valence-electron chi connectivity index (χ2n) is 12.0. The minimum atomic E-state index is -1.13. The molecule has 2 aromatic heterocycles. The SMILES string of the molecule is CCc1ccc(CCCCN(CCC(Nc2cc(-c3ccccc3)ccn2)C(=O)OC(C)(C)C)CC(F)COC)nc1NC. The lowest BCUT2D eigenvalue weighted by molar-refractivity contribution is -0.156. The number of benzene rings is 1. The fourth-order valence-corrected chi connectivity index (χ4v) is 5.05. The Morgan fingerprint density at radius 2 is 1.82 bits per heavy atom. The van der Waals surface area contributed by atoms with Crippen molar-refractivity contribution in [3.8, 4) is 11.1 Å². The summed E-state index contributed by atoms with van der Waals surface area (Å²) in [7, 11) is 3.40. The quantitative estimate of drug-likeness (QED) is 0.124. The van der Waals surface area contributed by atoms with E-state index in [1.807, 2.05) is 70.3 Å². The highest BCUT2D eigenvalue weighted by Crippen LogP contribution is 2.22. The zero-order valence-electron chi connectivity index (χ0n) is 27.2. The lowest BCUT2D eigenvalue weighted by Gasteiger charge is -2.28. The molecule has 0 radical (unpaired) electrons. The fraction of sp³-hybridized carbons (Fsp3) is 0.514. The van der Waals surface area contributed by atoms with Crippen molar-refractivity contribution in [1.29, 1.82) is 0 Å². The molecular formula is C35H50FN5O3. The second kappa shape index (κ2) is 17.7. The number of nitrogens with one attached hydrogen (secondary N) is 2. The monoisotopic (exact) mass is 607 g/mol. The molecule has 0 aliphatic heterocycles. The number of methoxy groups -OCH3 is 1. The zero-order valence-corrected chi connectivity index (χ0v) is 27.2. The molecule has 3 aromatic rings. The van der Waals surface area contributed by atoms with Crippen molar-refractivity contribution in [1.82, 2.24) is 14.9 Å².